The summed E-state index contributed by atoms with van der Waals surface area (Å²) in [5, 5.41) is 10.6. The fourth-order valence-corrected chi connectivity index (χ4v) is 5.71. The Balaban J connectivity index is 1.79. The van der Waals surface area contributed by atoms with Gasteiger partial charge in [0.2, 0.25) is 0 Å². The van der Waals surface area contributed by atoms with Gasteiger partial charge < -0.3 is 24.4 Å². The fraction of sp³-hybridized carbons (Fsp3) is 0.500. The van der Waals surface area contributed by atoms with Crippen molar-refractivity contribution in [3.05, 3.63) is 76.9 Å². The van der Waals surface area contributed by atoms with E-state index in [1.807, 2.05) is 71.0 Å². The Morgan fingerprint density at radius 3 is 2.23 bits per heavy atom. The molecule has 1 aliphatic heterocycles. The van der Waals surface area contributed by atoms with Gasteiger partial charge in [-0.1, -0.05) is 38.1 Å². The molecule has 2 aromatic carbocycles. The lowest BCUT2D eigenvalue weighted by Crippen LogP contribution is -2.39. The average Bonchev–Trinajstić information content (AvgIpc) is 2.92. The second kappa shape index (κ2) is 13.7. The Hall–Kier alpha value is -3.49. The van der Waals surface area contributed by atoms with Gasteiger partial charge in [-0.2, -0.15) is 0 Å². The number of anilines is 1. The second-order valence-corrected chi connectivity index (χ2v) is 13.9. The van der Waals surface area contributed by atoms with E-state index in [2.05, 4.69) is 18.7 Å². The standard InChI is InChI=1S/C36H48FN3O4/c1-24-30(26-11-15-28(16-12-26)43-22-17-25-9-13-27(37)14-10-25)32(40-20-18-36(5,6)19-21-40)31(29(38-24)23-39(7)8)33(34(41)42)44-35(2,3)4/h9-16,33H,17-23H2,1-8H3,(H,41,42)/t33-/m0/s1. The Labute approximate surface area is 262 Å². The van der Waals surface area contributed by atoms with Crippen LogP contribution in [0, 0.1) is 18.2 Å². The van der Waals surface area contributed by atoms with Crippen LogP contribution in [0.3, 0.4) is 0 Å². The van der Waals surface area contributed by atoms with Crippen LogP contribution in [0.4, 0.5) is 10.1 Å². The van der Waals surface area contributed by atoms with Gasteiger partial charge in [-0.15, -0.1) is 0 Å². The van der Waals surface area contributed by atoms with E-state index in [0.29, 0.717) is 30.8 Å². The number of pyridine rings is 1. The number of nitrogens with zero attached hydrogens (tertiary/aromatic N) is 3. The maximum atomic E-state index is 13.2. The molecular weight excluding hydrogens is 557 g/mol. The number of aromatic nitrogens is 1. The van der Waals surface area contributed by atoms with E-state index in [1.54, 1.807) is 12.1 Å². The highest BCUT2D eigenvalue weighted by Crippen LogP contribution is 2.45. The summed E-state index contributed by atoms with van der Waals surface area (Å²) in [7, 11) is 3.93. The zero-order valence-corrected chi connectivity index (χ0v) is 27.5. The summed E-state index contributed by atoms with van der Waals surface area (Å²) in [5.41, 5.74) is 5.48. The molecule has 0 spiro atoms. The monoisotopic (exact) mass is 605 g/mol. The molecule has 3 aromatic rings. The molecule has 2 heterocycles. The molecule has 1 fully saturated rings. The van der Waals surface area contributed by atoms with Crippen molar-refractivity contribution < 1.29 is 23.8 Å². The number of benzene rings is 2. The molecule has 0 unspecified atom stereocenters. The summed E-state index contributed by atoms with van der Waals surface area (Å²) in [6.07, 6.45) is 1.47. The number of carboxylic acids is 1. The minimum Gasteiger partial charge on any atom is -0.493 e. The molecule has 1 atom stereocenters. The minimum absolute atomic E-state index is 0.215. The van der Waals surface area contributed by atoms with Crippen molar-refractivity contribution in [2.24, 2.45) is 5.41 Å². The largest absolute Gasteiger partial charge is 0.493 e. The predicted molar refractivity (Wildman–Crippen MR) is 174 cm³/mol. The minimum atomic E-state index is -1.18. The van der Waals surface area contributed by atoms with E-state index in [4.69, 9.17) is 14.5 Å². The Morgan fingerprint density at radius 2 is 1.68 bits per heavy atom. The van der Waals surface area contributed by atoms with E-state index in [1.165, 1.54) is 12.1 Å². The number of ether oxygens (including phenoxy) is 2. The molecule has 7 nitrogen and oxygen atoms in total. The Bertz CT molecular complexity index is 1420. The van der Waals surface area contributed by atoms with Crippen molar-refractivity contribution in [2.75, 3.05) is 38.7 Å². The first-order valence-corrected chi connectivity index (χ1v) is 15.4. The van der Waals surface area contributed by atoms with E-state index in [-0.39, 0.29) is 11.2 Å². The van der Waals surface area contributed by atoms with Crippen molar-refractivity contribution in [2.45, 2.75) is 79.1 Å². The van der Waals surface area contributed by atoms with Crippen LogP contribution in [-0.2, 0) is 22.5 Å². The van der Waals surface area contributed by atoms with Gasteiger partial charge in [0.05, 0.1) is 23.6 Å². The number of piperidine rings is 1. The zero-order chi connectivity index (χ0) is 32.2. The molecule has 0 bridgehead atoms. The first-order chi connectivity index (χ1) is 20.6. The first kappa shape index (κ1) is 33.4. The van der Waals surface area contributed by atoms with Crippen LogP contribution in [0.1, 0.15) is 76.1 Å². The molecule has 1 aromatic heterocycles. The van der Waals surface area contributed by atoms with E-state index >= 15 is 0 Å². The van der Waals surface area contributed by atoms with E-state index < -0.39 is 17.7 Å². The lowest BCUT2D eigenvalue weighted by Gasteiger charge is -2.41. The SMILES string of the molecule is Cc1nc(CN(C)C)c([C@H](OC(C)(C)C)C(=O)O)c(N2CCC(C)(C)CC2)c1-c1ccc(OCCc2ccc(F)cc2)cc1. The molecule has 8 heteroatoms. The van der Waals surface area contributed by atoms with Crippen LogP contribution in [0.25, 0.3) is 11.1 Å². The van der Waals surface area contributed by atoms with Gasteiger partial charge in [-0.05, 0) is 95.4 Å². The number of aryl methyl sites for hydroxylation is 1. The normalized spacial score (nSPS) is 15.8. The molecule has 0 aliphatic carbocycles. The van der Waals surface area contributed by atoms with Crippen LogP contribution < -0.4 is 9.64 Å². The zero-order valence-electron chi connectivity index (χ0n) is 27.5. The molecule has 1 aliphatic rings. The summed E-state index contributed by atoms with van der Waals surface area (Å²) in [6.45, 7) is 14.8. The van der Waals surface area contributed by atoms with Crippen LogP contribution >= 0.6 is 0 Å². The molecule has 4 rings (SSSR count). The Morgan fingerprint density at radius 1 is 1.07 bits per heavy atom. The number of hydrogen-bond acceptors (Lipinski definition) is 6. The highest BCUT2D eigenvalue weighted by molar-refractivity contribution is 5.88. The maximum Gasteiger partial charge on any atom is 0.337 e. The molecule has 238 valence electrons. The molecule has 1 N–H and O–H groups in total. The quantitative estimate of drug-likeness (QED) is 0.243. The molecular formula is C36H48FN3O4. The fourth-order valence-electron chi connectivity index (χ4n) is 5.71. The molecule has 44 heavy (non-hydrogen) atoms. The van der Waals surface area contributed by atoms with Crippen molar-refractivity contribution in [1.82, 2.24) is 9.88 Å². The third-order valence-electron chi connectivity index (χ3n) is 8.04. The molecule has 0 amide bonds. The number of carbonyl (C=O) groups is 1. The van der Waals surface area contributed by atoms with Gasteiger partial charge in [-0.25, -0.2) is 9.18 Å². The van der Waals surface area contributed by atoms with Gasteiger partial charge in [0.1, 0.15) is 11.6 Å². The molecule has 0 radical (unpaired) electrons. The Kier molecular flexibility index (Phi) is 10.4. The predicted octanol–water partition coefficient (Wildman–Crippen LogP) is 7.45. The van der Waals surface area contributed by atoms with Crippen molar-refractivity contribution in [3.63, 3.8) is 0 Å². The number of aliphatic carboxylic acids is 1. The van der Waals surface area contributed by atoms with Crippen LogP contribution in [0.15, 0.2) is 48.5 Å². The first-order valence-electron chi connectivity index (χ1n) is 15.4. The average molecular weight is 606 g/mol. The third kappa shape index (κ3) is 8.57. The lowest BCUT2D eigenvalue weighted by molar-refractivity contribution is -0.160. The number of hydrogen-bond donors (Lipinski definition) is 1. The van der Waals surface area contributed by atoms with Crippen LogP contribution in [-0.4, -0.2) is 60.4 Å². The van der Waals surface area contributed by atoms with E-state index in [0.717, 1.165) is 59.8 Å². The maximum absolute atomic E-state index is 13.2. The summed E-state index contributed by atoms with van der Waals surface area (Å²) in [5.74, 6) is -0.549. The number of halogens is 1. The van der Waals surface area contributed by atoms with E-state index in [9.17, 15) is 14.3 Å². The highest BCUT2D eigenvalue weighted by Gasteiger charge is 2.37. The van der Waals surface area contributed by atoms with Crippen molar-refractivity contribution >= 4 is 11.7 Å². The smallest absolute Gasteiger partial charge is 0.337 e. The van der Waals surface area contributed by atoms with Gasteiger partial charge in [0, 0.05) is 42.9 Å². The highest BCUT2D eigenvalue weighted by atomic mass is 19.1. The number of rotatable bonds is 11. The summed E-state index contributed by atoms with van der Waals surface area (Å²) < 4.78 is 25.6. The van der Waals surface area contributed by atoms with Gasteiger partial charge in [-0.3, -0.25) is 4.98 Å². The second-order valence-electron chi connectivity index (χ2n) is 13.9. The summed E-state index contributed by atoms with van der Waals surface area (Å²) in [6, 6.07) is 14.4. The number of carboxylic acid groups (broad SMARTS) is 1. The van der Waals surface area contributed by atoms with Gasteiger partial charge in [0.25, 0.3) is 0 Å². The lowest BCUT2D eigenvalue weighted by atomic mass is 9.81. The van der Waals surface area contributed by atoms with Crippen LogP contribution in [0.2, 0.25) is 0 Å². The molecule has 0 saturated carbocycles. The summed E-state index contributed by atoms with van der Waals surface area (Å²) >= 11 is 0. The topological polar surface area (TPSA) is 75.1 Å². The third-order valence-corrected chi connectivity index (χ3v) is 8.04. The van der Waals surface area contributed by atoms with Gasteiger partial charge >= 0.3 is 5.97 Å². The van der Waals surface area contributed by atoms with Crippen LogP contribution in [0.5, 0.6) is 5.75 Å². The van der Waals surface area contributed by atoms with Crippen molar-refractivity contribution in [1.29, 1.82) is 0 Å². The molecule has 1 saturated heterocycles. The summed E-state index contributed by atoms with van der Waals surface area (Å²) in [4.78, 5) is 22.3. The van der Waals surface area contributed by atoms with Crippen molar-refractivity contribution in [3.8, 4) is 16.9 Å². The van der Waals surface area contributed by atoms with Gasteiger partial charge in [0.15, 0.2) is 6.10 Å².